The first-order valence-electron chi connectivity index (χ1n) is 7.57. The van der Waals surface area contributed by atoms with E-state index in [1.165, 1.54) is 37.7 Å². The monoisotopic (exact) mass is 276 g/mol. The minimum Gasteiger partial charge on any atom is -0.478 e. The quantitative estimate of drug-likeness (QED) is 0.875. The van der Waals surface area contributed by atoms with Crippen LogP contribution in [0.4, 0.5) is 0 Å². The molecule has 1 aliphatic carbocycles. The molecule has 3 heteroatoms. The van der Waals surface area contributed by atoms with Crippen LogP contribution in [0.1, 0.15) is 57.4 Å². The smallest absolute Gasteiger partial charge is 0.345 e. The van der Waals surface area contributed by atoms with Gasteiger partial charge in [0.15, 0.2) is 6.10 Å². The zero-order chi connectivity index (χ0) is 14.5. The summed E-state index contributed by atoms with van der Waals surface area (Å²) < 4.78 is 5.58. The number of carboxylic acid groups (broad SMARTS) is 1. The number of carboxylic acids is 1. The lowest BCUT2D eigenvalue weighted by Gasteiger charge is -2.23. The van der Waals surface area contributed by atoms with Crippen LogP contribution in [-0.4, -0.2) is 17.2 Å². The minimum atomic E-state index is -0.906. The number of rotatable bonds is 5. The van der Waals surface area contributed by atoms with Crippen LogP contribution in [-0.2, 0) is 4.79 Å². The van der Waals surface area contributed by atoms with Crippen molar-refractivity contribution in [2.75, 3.05) is 0 Å². The third-order valence-corrected chi connectivity index (χ3v) is 4.07. The highest BCUT2D eigenvalue weighted by Crippen LogP contribution is 2.33. The molecular formula is C17H24O3. The molecule has 0 aromatic heterocycles. The molecule has 1 aromatic carbocycles. The Morgan fingerprint density at radius 2 is 1.75 bits per heavy atom. The van der Waals surface area contributed by atoms with Gasteiger partial charge in [-0.25, -0.2) is 4.79 Å². The summed E-state index contributed by atoms with van der Waals surface area (Å²) in [5.74, 6) is 0.353. The van der Waals surface area contributed by atoms with Crippen molar-refractivity contribution in [1.82, 2.24) is 0 Å². The molecule has 2 rings (SSSR count). The lowest BCUT2D eigenvalue weighted by molar-refractivity contribution is -0.147. The third-order valence-electron chi connectivity index (χ3n) is 4.07. The highest BCUT2D eigenvalue weighted by molar-refractivity contribution is 5.73. The Balaban J connectivity index is 2.02. The summed E-state index contributed by atoms with van der Waals surface area (Å²) in [6.07, 6.45) is 5.74. The Morgan fingerprint density at radius 1 is 1.15 bits per heavy atom. The summed E-state index contributed by atoms with van der Waals surface area (Å²) in [6.45, 7) is 3.71. The standard InChI is InChI=1S/C17H24O3/c1-12(2)16(17(18)19)20-15-10-8-14(9-11-15)13-6-4-3-5-7-13/h8-13,16H,3-7H2,1-2H3,(H,18,19). The number of carbonyl (C=O) groups is 1. The van der Waals surface area contributed by atoms with Gasteiger partial charge in [-0.15, -0.1) is 0 Å². The molecule has 1 saturated carbocycles. The number of aliphatic carboxylic acids is 1. The van der Waals surface area contributed by atoms with Gasteiger partial charge in [-0.2, -0.15) is 0 Å². The first-order valence-corrected chi connectivity index (χ1v) is 7.57. The van der Waals surface area contributed by atoms with E-state index >= 15 is 0 Å². The van der Waals surface area contributed by atoms with E-state index in [4.69, 9.17) is 9.84 Å². The van der Waals surface area contributed by atoms with Gasteiger partial charge in [-0.3, -0.25) is 0 Å². The molecule has 1 unspecified atom stereocenters. The Morgan fingerprint density at radius 3 is 2.25 bits per heavy atom. The van der Waals surface area contributed by atoms with Gasteiger partial charge in [0.05, 0.1) is 0 Å². The van der Waals surface area contributed by atoms with Crippen LogP contribution in [0, 0.1) is 5.92 Å². The molecule has 0 bridgehead atoms. The molecule has 3 nitrogen and oxygen atoms in total. The van der Waals surface area contributed by atoms with Crippen molar-refractivity contribution in [3.05, 3.63) is 29.8 Å². The Hall–Kier alpha value is -1.51. The number of hydrogen-bond donors (Lipinski definition) is 1. The summed E-state index contributed by atoms with van der Waals surface area (Å²) in [4.78, 5) is 11.1. The lowest BCUT2D eigenvalue weighted by Crippen LogP contribution is -2.32. The van der Waals surface area contributed by atoms with Crippen molar-refractivity contribution in [1.29, 1.82) is 0 Å². The fourth-order valence-electron chi connectivity index (χ4n) is 2.87. The molecule has 0 radical (unpaired) electrons. The molecule has 1 aliphatic rings. The van der Waals surface area contributed by atoms with Gasteiger partial charge in [-0.05, 0) is 36.5 Å². The van der Waals surface area contributed by atoms with Crippen LogP contribution in [0.2, 0.25) is 0 Å². The molecule has 1 fully saturated rings. The highest BCUT2D eigenvalue weighted by atomic mass is 16.5. The highest BCUT2D eigenvalue weighted by Gasteiger charge is 2.23. The van der Waals surface area contributed by atoms with E-state index in [1.807, 2.05) is 26.0 Å². The van der Waals surface area contributed by atoms with E-state index in [0.29, 0.717) is 11.7 Å². The summed E-state index contributed by atoms with van der Waals surface area (Å²) in [5.41, 5.74) is 1.36. The van der Waals surface area contributed by atoms with Crippen molar-refractivity contribution in [2.24, 2.45) is 5.92 Å². The zero-order valence-electron chi connectivity index (χ0n) is 12.3. The largest absolute Gasteiger partial charge is 0.478 e. The summed E-state index contributed by atoms with van der Waals surface area (Å²) in [5, 5.41) is 9.14. The average Bonchev–Trinajstić information content (AvgIpc) is 2.45. The average molecular weight is 276 g/mol. The van der Waals surface area contributed by atoms with Gasteiger partial charge >= 0.3 is 5.97 Å². The first kappa shape index (κ1) is 14.9. The van der Waals surface area contributed by atoms with E-state index in [0.717, 1.165) is 0 Å². The van der Waals surface area contributed by atoms with Crippen LogP contribution in [0.15, 0.2) is 24.3 Å². The van der Waals surface area contributed by atoms with Crippen LogP contribution >= 0.6 is 0 Å². The van der Waals surface area contributed by atoms with Gasteiger partial charge < -0.3 is 9.84 Å². The Bertz CT molecular complexity index is 430. The summed E-state index contributed by atoms with van der Waals surface area (Å²) >= 11 is 0. The predicted octanol–water partition coefficient (Wildman–Crippen LogP) is 4.22. The van der Waals surface area contributed by atoms with Gasteiger partial charge in [0.2, 0.25) is 0 Å². The normalized spacial score (nSPS) is 17.9. The molecule has 0 saturated heterocycles. The molecule has 0 heterocycles. The van der Waals surface area contributed by atoms with Gasteiger partial charge in [0.1, 0.15) is 5.75 Å². The van der Waals surface area contributed by atoms with Crippen molar-refractivity contribution in [3.63, 3.8) is 0 Å². The number of benzene rings is 1. The van der Waals surface area contributed by atoms with Crippen molar-refractivity contribution in [3.8, 4) is 5.75 Å². The second-order valence-electron chi connectivity index (χ2n) is 6.02. The second kappa shape index (κ2) is 6.78. The fourth-order valence-corrected chi connectivity index (χ4v) is 2.87. The maximum absolute atomic E-state index is 11.1. The molecule has 0 spiro atoms. The van der Waals surface area contributed by atoms with Gasteiger partial charge in [-0.1, -0.05) is 45.2 Å². The van der Waals surface area contributed by atoms with E-state index < -0.39 is 12.1 Å². The topological polar surface area (TPSA) is 46.5 Å². The Labute approximate surface area is 121 Å². The molecule has 0 aliphatic heterocycles. The Kier molecular flexibility index (Phi) is 5.05. The maximum Gasteiger partial charge on any atom is 0.345 e. The molecular weight excluding hydrogens is 252 g/mol. The SMILES string of the molecule is CC(C)C(Oc1ccc(C2CCCCC2)cc1)C(=O)O. The zero-order valence-corrected chi connectivity index (χ0v) is 12.3. The van der Waals surface area contributed by atoms with Crippen LogP contribution in [0.5, 0.6) is 5.75 Å². The van der Waals surface area contributed by atoms with Gasteiger partial charge in [0.25, 0.3) is 0 Å². The number of ether oxygens (including phenoxy) is 1. The van der Waals surface area contributed by atoms with Crippen molar-refractivity contribution in [2.45, 2.75) is 58.0 Å². The predicted molar refractivity (Wildman–Crippen MR) is 79.2 cm³/mol. The molecule has 1 aromatic rings. The molecule has 110 valence electrons. The second-order valence-corrected chi connectivity index (χ2v) is 6.02. The fraction of sp³-hybridized carbons (Fsp3) is 0.588. The van der Waals surface area contributed by atoms with E-state index in [9.17, 15) is 4.79 Å². The lowest BCUT2D eigenvalue weighted by atomic mass is 9.84. The first-order chi connectivity index (χ1) is 9.58. The third kappa shape index (κ3) is 3.75. The number of hydrogen-bond acceptors (Lipinski definition) is 2. The van der Waals surface area contributed by atoms with Crippen LogP contribution in [0.3, 0.4) is 0 Å². The molecule has 1 N–H and O–H groups in total. The van der Waals surface area contributed by atoms with Crippen LogP contribution in [0.25, 0.3) is 0 Å². The van der Waals surface area contributed by atoms with Crippen LogP contribution < -0.4 is 4.74 Å². The van der Waals surface area contributed by atoms with E-state index in [-0.39, 0.29) is 5.92 Å². The van der Waals surface area contributed by atoms with E-state index in [2.05, 4.69) is 12.1 Å². The maximum atomic E-state index is 11.1. The van der Waals surface area contributed by atoms with Crippen molar-refractivity contribution >= 4 is 5.97 Å². The van der Waals surface area contributed by atoms with Gasteiger partial charge in [0, 0.05) is 5.92 Å². The molecule has 0 amide bonds. The molecule has 1 atom stereocenters. The van der Waals surface area contributed by atoms with E-state index in [1.54, 1.807) is 0 Å². The summed E-state index contributed by atoms with van der Waals surface area (Å²) in [6, 6.07) is 7.99. The minimum absolute atomic E-state index is 0.0504. The van der Waals surface area contributed by atoms with Crippen molar-refractivity contribution < 1.29 is 14.6 Å². The molecule has 20 heavy (non-hydrogen) atoms. The summed E-state index contributed by atoms with van der Waals surface area (Å²) in [7, 11) is 0.